The maximum Gasteiger partial charge on any atom is 0.407 e. The summed E-state index contributed by atoms with van der Waals surface area (Å²) < 4.78 is 9.47. The number of alkyl carbamates (subject to hydrolysis) is 2. The first-order valence-electron chi connectivity index (χ1n) is 19.2. The van der Waals surface area contributed by atoms with Crippen LogP contribution in [0.25, 0.3) is 33.2 Å². The van der Waals surface area contributed by atoms with Crippen molar-refractivity contribution in [3.05, 3.63) is 72.7 Å². The van der Waals surface area contributed by atoms with Crippen LogP contribution < -0.4 is 16.0 Å². The van der Waals surface area contributed by atoms with E-state index in [2.05, 4.69) is 32.0 Å². The van der Waals surface area contributed by atoms with Gasteiger partial charge in [0.1, 0.15) is 23.9 Å². The summed E-state index contributed by atoms with van der Waals surface area (Å²) in [5, 5.41) is 10.2. The van der Waals surface area contributed by atoms with E-state index in [-0.39, 0.29) is 35.6 Å². The predicted molar refractivity (Wildman–Crippen MR) is 212 cm³/mol. The van der Waals surface area contributed by atoms with Gasteiger partial charge in [0.25, 0.3) is 0 Å². The lowest BCUT2D eigenvalue weighted by Gasteiger charge is -2.30. The van der Waals surface area contributed by atoms with Crippen LogP contribution in [0.4, 0.5) is 15.3 Å². The Morgan fingerprint density at radius 3 is 1.98 bits per heavy atom. The topological polar surface area (TPSA) is 175 Å². The third-order valence-electron chi connectivity index (χ3n) is 10.7. The lowest BCUT2D eigenvalue weighted by Crippen LogP contribution is -2.54. The van der Waals surface area contributed by atoms with E-state index in [0.717, 1.165) is 46.0 Å². The summed E-state index contributed by atoms with van der Waals surface area (Å²) in [6.07, 6.45) is 3.27. The van der Waals surface area contributed by atoms with Crippen LogP contribution in [0.1, 0.15) is 65.2 Å². The number of carbonyl (C=O) groups is 5. The number of H-pyrrole nitrogens is 1. The van der Waals surface area contributed by atoms with Crippen LogP contribution in [0.2, 0.25) is 0 Å². The number of hydrogen-bond donors (Lipinski definition) is 4. The highest BCUT2D eigenvalue weighted by atomic mass is 16.5. The second-order valence-corrected chi connectivity index (χ2v) is 15.1. The summed E-state index contributed by atoms with van der Waals surface area (Å²) in [7, 11) is 2.53. The number of nitrogens with one attached hydrogen (secondary N) is 4. The Hall–Kier alpha value is -5.92. The number of rotatable bonds is 11. The molecule has 3 aromatic carbocycles. The van der Waals surface area contributed by atoms with Crippen molar-refractivity contribution >= 4 is 46.4 Å². The second-order valence-electron chi connectivity index (χ2n) is 15.1. The van der Waals surface area contributed by atoms with Crippen molar-refractivity contribution in [2.45, 2.75) is 77.5 Å². The molecule has 0 bridgehead atoms. The van der Waals surface area contributed by atoms with Crippen molar-refractivity contribution in [1.82, 2.24) is 30.4 Å². The Balaban J connectivity index is 1.14. The van der Waals surface area contributed by atoms with E-state index in [1.54, 1.807) is 16.0 Å². The average molecular weight is 766 g/mol. The number of fused-ring (bicyclic) bond motifs is 1. The Morgan fingerprint density at radius 2 is 1.34 bits per heavy atom. The number of likely N-dealkylation sites (tertiary alicyclic amines) is 2. The number of methoxy groups -OCH3 is 2. The standard InChI is InChI=1S/C42H51N7O7/c1-24(2)35(46-41(53)55-5)39(51)48-20-8-12-33(48)37-43-23-32(44-37)27-16-14-26(15-17-27)28-18-19-30-29(22-28)10-7-11-31(30)45-38(50)34-13-9-21-49(34)40(52)36(25(3)4)47-42(54)56-6/h7,10-11,14-19,22-25,33-36H,8-9,12-13,20-21H2,1-6H3,(H,43,44)(H,45,50)(H,46,53)(H,47,54)/t33?,34?,35-,36?/m0/s1. The molecule has 3 unspecified atom stereocenters. The fourth-order valence-electron chi connectivity index (χ4n) is 7.66. The Morgan fingerprint density at radius 1 is 0.750 bits per heavy atom. The van der Waals surface area contributed by atoms with Crippen LogP contribution in [0, 0.1) is 11.8 Å². The molecule has 0 spiro atoms. The third-order valence-corrected chi connectivity index (χ3v) is 10.7. The Labute approximate surface area is 326 Å². The van der Waals surface area contributed by atoms with Gasteiger partial charge in [-0.05, 0) is 71.7 Å². The first-order valence-corrected chi connectivity index (χ1v) is 19.2. The van der Waals surface area contributed by atoms with E-state index in [0.29, 0.717) is 37.4 Å². The third kappa shape index (κ3) is 8.48. The molecule has 0 aliphatic carbocycles. The lowest BCUT2D eigenvalue weighted by atomic mass is 9.99. The maximum absolute atomic E-state index is 13.6. The number of amides is 5. The van der Waals surface area contributed by atoms with Crippen molar-refractivity contribution in [3.8, 4) is 22.4 Å². The zero-order valence-corrected chi connectivity index (χ0v) is 32.8. The number of imidazole rings is 1. The molecule has 0 saturated carbocycles. The van der Waals surface area contributed by atoms with E-state index in [4.69, 9.17) is 9.47 Å². The van der Waals surface area contributed by atoms with Gasteiger partial charge in [0, 0.05) is 24.2 Å². The monoisotopic (exact) mass is 765 g/mol. The van der Waals surface area contributed by atoms with E-state index in [9.17, 15) is 24.0 Å². The smallest absolute Gasteiger partial charge is 0.407 e. The number of benzene rings is 3. The van der Waals surface area contributed by atoms with E-state index in [1.807, 2.05) is 82.3 Å². The fourth-order valence-corrected chi connectivity index (χ4v) is 7.66. The number of nitrogens with zero attached hydrogens (tertiary/aromatic N) is 3. The van der Waals surface area contributed by atoms with Gasteiger partial charge in [-0.1, -0.05) is 76.2 Å². The van der Waals surface area contributed by atoms with Gasteiger partial charge < -0.3 is 40.2 Å². The first-order chi connectivity index (χ1) is 26.9. The predicted octanol–water partition coefficient (Wildman–Crippen LogP) is 6.25. The molecule has 14 heteroatoms. The average Bonchev–Trinajstić information content (AvgIpc) is 4.00. The normalized spacial score (nSPS) is 17.9. The van der Waals surface area contributed by atoms with Crippen LogP contribution in [0.3, 0.4) is 0 Å². The SMILES string of the molecule is COC(=O)NC(C(=O)N1CCCC1C(=O)Nc1cccc2cc(-c3ccc(-c4cnc(C5CCCN5C(=O)[C@@H](NC(=O)OC)C(C)C)[nH]4)cc3)ccc12)C(C)C. The molecule has 296 valence electrons. The van der Waals surface area contributed by atoms with E-state index < -0.39 is 30.3 Å². The number of ether oxygens (including phenoxy) is 2. The summed E-state index contributed by atoms with van der Waals surface area (Å²) in [6, 6.07) is 17.6. The lowest BCUT2D eigenvalue weighted by molar-refractivity contribution is -0.139. The summed E-state index contributed by atoms with van der Waals surface area (Å²) in [5.41, 5.74) is 4.44. The summed E-state index contributed by atoms with van der Waals surface area (Å²) in [4.78, 5) is 76.0. The first kappa shape index (κ1) is 39.8. The molecule has 6 rings (SSSR count). The molecule has 2 aliphatic heterocycles. The van der Waals surface area contributed by atoms with Gasteiger partial charge in [-0.2, -0.15) is 0 Å². The van der Waals surface area contributed by atoms with Crippen LogP contribution >= 0.6 is 0 Å². The summed E-state index contributed by atoms with van der Waals surface area (Å²) in [6.45, 7) is 8.47. The molecule has 4 N–H and O–H groups in total. The molecular formula is C42H51N7O7. The molecule has 1 aromatic heterocycles. The van der Waals surface area contributed by atoms with Gasteiger partial charge >= 0.3 is 12.2 Å². The van der Waals surface area contributed by atoms with E-state index in [1.165, 1.54) is 14.2 Å². The highest BCUT2D eigenvalue weighted by Crippen LogP contribution is 2.34. The molecule has 0 radical (unpaired) electrons. The van der Waals surface area contributed by atoms with Crippen molar-refractivity contribution < 1.29 is 33.4 Å². The van der Waals surface area contributed by atoms with Crippen LogP contribution in [0.15, 0.2) is 66.9 Å². The van der Waals surface area contributed by atoms with Crippen molar-refractivity contribution in [2.75, 3.05) is 32.6 Å². The number of aromatic amines is 1. The van der Waals surface area contributed by atoms with Gasteiger partial charge in [0.05, 0.1) is 32.2 Å². The minimum atomic E-state index is -0.806. The Kier molecular flexibility index (Phi) is 12.3. The fraction of sp³-hybridized carbons (Fsp3) is 0.429. The van der Waals surface area contributed by atoms with Gasteiger partial charge in [-0.15, -0.1) is 0 Å². The molecular weight excluding hydrogens is 715 g/mol. The molecule has 3 heterocycles. The quantitative estimate of drug-likeness (QED) is 0.139. The van der Waals surface area contributed by atoms with Gasteiger partial charge in [0.15, 0.2) is 0 Å². The van der Waals surface area contributed by atoms with Crippen LogP contribution in [-0.4, -0.2) is 95.1 Å². The van der Waals surface area contributed by atoms with Crippen molar-refractivity contribution in [2.24, 2.45) is 11.8 Å². The zero-order chi connectivity index (χ0) is 40.1. The van der Waals surface area contributed by atoms with Crippen LogP contribution in [0.5, 0.6) is 0 Å². The molecule has 14 nitrogen and oxygen atoms in total. The largest absolute Gasteiger partial charge is 0.453 e. The minimum Gasteiger partial charge on any atom is -0.453 e. The summed E-state index contributed by atoms with van der Waals surface area (Å²) in [5.74, 6) is -0.332. The number of hydrogen-bond acceptors (Lipinski definition) is 8. The van der Waals surface area contributed by atoms with Gasteiger partial charge in [0.2, 0.25) is 17.7 Å². The molecule has 56 heavy (non-hydrogen) atoms. The zero-order valence-electron chi connectivity index (χ0n) is 32.8. The number of carbonyl (C=O) groups excluding carboxylic acids is 5. The molecule has 5 amide bonds. The molecule has 4 aromatic rings. The second kappa shape index (κ2) is 17.3. The highest BCUT2D eigenvalue weighted by Gasteiger charge is 2.40. The Bertz CT molecular complexity index is 2080. The summed E-state index contributed by atoms with van der Waals surface area (Å²) >= 11 is 0. The van der Waals surface area contributed by atoms with Crippen molar-refractivity contribution in [1.29, 1.82) is 0 Å². The molecule has 2 aliphatic rings. The minimum absolute atomic E-state index is 0.117. The maximum atomic E-state index is 13.6. The van der Waals surface area contributed by atoms with Crippen molar-refractivity contribution in [3.63, 3.8) is 0 Å². The number of anilines is 1. The molecule has 2 fully saturated rings. The van der Waals surface area contributed by atoms with E-state index >= 15 is 0 Å². The van der Waals surface area contributed by atoms with Crippen LogP contribution in [-0.2, 0) is 23.9 Å². The number of aromatic nitrogens is 2. The highest BCUT2D eigenvalue weighted by molar-refractivity contribution is 6.06. The molecule has 4 atom stereocenters. The van der Waals surface area contributed by atoms with Gasteiger partial charge in [-0.3, -0.25) is 14.4 Å². The van der Waals surface area contributed by atoms with Gasteiger partial charge in [-0.25, -0.2) is 14.6 Å². The molecule has 2 saturated heterocycles.